The smallest absolute Gasteiger partial charge is 0.302 e. The molecule has 1 heterocycles. The van der Waals surface area contributed by atoms with Crippen molar-refractivity contribution in [1.82, 2.24) is 0 Å². The lowest BCUT2D eigenvalue weighted by atomic mass is 10.2. The maximum atomic E-state index is 10.5. The van der Waals surface area contributed by atoms with E-state index >= 15 is 0 Å². The molecule has 0 aromatic rings. The molecule has 0 N–H and O–H groups in total. The molecule has 1 aliphatic heterocycles. The fourth-order valence-electron chi connectivity index (χ4n) is 1.76. The van der Waals surface area contributed by atoms with Gasteiger partial charge in [0.1, 0.15) is 0 Å². The second-order valence-electron chi connectivity index (χ2n) is 4.41. The first kappa shape index (κ1) is 15.2. The molecule has 4 heteroatoms. The standard InChI is InChI=1S/C14H24O4/c1-13(15)16-10-6-3-2-4-7-11-17-14-9-5-8-12-18-14/h2-3,14H,4-12H2,1H3/b3-2-/t14-/m0/s1. The summed E-state index contributed by atoms with van der Waals surface area (Å²) in [6.07, 6.45) is 10.3. The summed E-state index contributed by atoms with van der Waals surface area (Å²) in [6.45, 7) is 3.48. The molecule has 0 amide bonds. The van der Waals surface area contributed by atoms with Gasteiger partial charge in [0.05, 0.1) is 13.2 Å². The van der Waals surface area contributed by atoms with Gasteiger partial charge >= 0.3 is 5.97 Å². The lowest BCUT2D eigenvalue weighted by Crippen LogP contribution is -2.22. The van der Waals surface area contributed by atoms with Gasteiger partial charge in [0.15, 0.2) is 6.29 Å². The molecular formula is C14H24O4. The van der Waals surface area contributed by atoms with Crippen LogP contribution in [0, 0.1) is 0 Å². The van der Waals surface area contributed by atoms with Crippen LogP contribution in [0.3, 0.4) is 0 Å². The number of carbonyl (C=O) groups excluding carboxylic acids is 1. The van der Waals surface area contributed by atoms with Crippen LogP contribution in [0.15, 0.2) is 12.2 Å². The summed E-state index contributed by atoms with van der Waals surface area (Å²) in [6, 6.07) is 0. The van der Waals surface area contributed by atoms with Crippen molar-refractivity contribution in [2.24, 2.45) is 0 Å². The third kappa shape index (κ3) is 8.25. The number of hydrogen-bond acceptors (Lipinski definition) is 4. The number of unbranched alkanes of at least 4 members (excludes halogenated alkanes) is 1. The molecule has 0 aliphatic carbocycles. The molecular weight excluding hydrogens is 232 g/mol. The molecule has 1 saturated heterocycles. The topological polar surface area (TPSA) is 44.8 Å². The second-order valence-corrected chi connectivity index (χ2v) is 4.41. The van der Waals surface area contributed by atoms with Gasteiger partial charge in [-0.25, -0.2) is 0 Å². The van der Waals surface area contributed by atoms with E-state index in [9.17, 15) is 4.79 Å². The number of allylic oxidation sites excluding steroid dienone is 1. The maximum absolute atomic E-state index is 10.5. The lowest BCUT2D eigenvalue weighted by Gasteiger charge is -2.22. The van der Waals surface area contributed by atoms with Gasteiger partial charge < -0.3 is 14.2 Å². The molecule has 0 saturated carbocycles. The fraction of sp³-hybridized carbons (Fsp3) is 0.786. The van der Waals surface area contributed by atoms with Crippen molar-refractivity contribution in [3.05, 3.63) is 12.2 Å². The zero-order valence-electron chi connectivity index (χ0n) is 11.2. The molecule has 18 heavy (non-hydrogen) atoms. The van der Waals surface area contributed by atoms with Gasteiger partial charge in [-0.1, -0.05) is 12.2 Å². The lowest BCUT2D eigenvalue weighted by molar-refractivity contribution is -0.162. The van der Waals surface area contributed by atoms with Crippen molar-refractivity contribution >= 4 is 5.97 Å². The van der Waals surface area contributed by atoms with Crippen LogP contribution >= 0.6 is 0 Å². The van der Waals surface area contributed by atoms with Gasteiger partial charge in [-0.2, -0.15) is 0 Å². The number of esters is 1. The van der Waals surface area contributed by atoms with Crippen molar-refractivity contribution in [2.45, 2.75) is 51.7 Å². The molecule has 0 aromatic heterocycles. The van der Waals surface area contributed by atoms with E-state index in [0.29, 0.717) is 6.61 Å². The maximum Gasteiger partial charge on any atom is 0.302 e. The Morgan fingerprint density at radius 1 is 1.28 bits per heavy atom. The number of ether oxygens (including phenoxy) is 3. The summed E-state index contributed by atoms with van der Waals surface area (Å²) in [7, 11) is 0. The molecule has 104 valence electrons. The van der Waals surface area contributed by atoms with Crippen LogP contribution in [0.4, 0.5) is 0 Å². The molecule has 1 rings (SSSR count). The Kier molecular flexibility index (Phi) is 8.51. The van der Waals surface area contributed by atoms with E-state index in [-0.39, 0.29) is 12.3 Å². The summed E-state index contributed by atoms with van der Waals surface area (Å²) >= 11 is 0. The highest BCUT2D eigenvalue weighted by Crippen LogP contribution is 2.13. The third-order valence-corrected chi connectivity index (χ3v) is 2.71. The second kappa shape index (κ2) is 10.1. The van der Waals surface area contributed by atoms with Gasteiger partial charge in [-0.15, -0.1) is 0 Å². The average Bonchev–Trinajstić information content (AvgIpc) is 2.37. The Labute approximate surface area is 109 Å². The summed E-state index contributed by atoms with van der Waals surface area (Å²) in [5.41, 5.74) is 0. The molecule has 0 aromatic carbocycles. The number of carbonyl (C=O) groups is 1. The first-order chi connectivity index (χ1) is 8.79. The van der Waals surface area contributed by atoms with Crippen LogP contribution in [-0.4, -0.2) is 32.1 Å². The van der Waals surface area contributed by atoms with E-state index in [0.717, 1.165) is 45.3 Å². The quantitative estimate of drug-likeness (QED) is 0.380. The van der Waals surface area contributed by atoms with Gasteiger partial charge in [0, 0.05) is 13.5 Å². The minimum Gasteiger partial charge on any atom is -0.466 e. The predicted molar refractivity (Wildman–Crippen MR) is 69.2 cm³/mol. The van der Waals surface area contributed by atoms with Gasteiger partial charge in [0.2, 0.25) is 0 Å². The van der Waals surface area contributed by atoms with Crippen LogP contribution in [0.1, 0.15) is 45.4 Å². The molecule has 0 bridgehead atoms. The average molecular weight is 256 g/mol. The van der Waals surface area contributed by atoms with Crippen LogP contribution in [0.5, 0.6) is 0 Å². The van der Waals surface area contributed by atoms with E-state index in [1.165, 1.54) is 13.3 Å². The Bertz CT molecular complexity index is 244. The van der Waals surface area contributed by atoms with Gasteiger partial charge in [-0.05, 0) is 38.5 Å². The first-order valence-electron chi connectivity index (χ1n) is 6.80. The van der Waals surface area contributed by atoms with Crippen LogP contribution in [-0.2, 0) is 19.0 Å². The van der Waals surface area contributed by atoms with Crippen LogP contribution in [0.25, 0.3) is 0 Å². The van der Waals surface area contributed by atoms with E-state index in [1.807, 2.05) is 6.08 Å². The number of rotatable bonds is 8. The SMILES string of the molecule is CC(=O)OCC/C=C\CCCO[C@@H]1CCCCO1. The Morgan fingerprint density at radius 3 is 2.83 bits per heavy atom. The number of hydrogen-bond donors (Lipinski definition) is 0. The van der Waals surface area contributed by atoms with Gasteiger partial charge in [-0.3, -0.25) is 4.79 Å². The highest BCUT2D eigenvalue weighted by atomic mass is 16.7. The van der Waals surface area contributed by atoms with Gasteiger partial charge in [0.25, 0.3) is 0 Å². The first-order valence-corrected chi connectivity index (χ1v) is 6.80. The molecule has 1 atom stereocenters. The Balaban J connectivity index is 1.85. The molecule has 4 nitrogen and oxygen atoms in total. The van der Waals surface area contributed by atoms with Crippen LogP contribution in [0.2, 0.25) is 0 Å². The van der Waals surface area contributed by atoms with Crippen LogP contribution < -0.4 is 0 Å². The van der Waals surface area contributed by atoms with Crippen molar-refractivity contribution < 1.29 is 19.0 Å². The zero-order chi connectivity index (χ0) is 13.1. The summed E-state index contributed by atoms with van der Waals surface area (Å²) in [4.78, 5) is 10.5. The highest BCUT2D eigenvalue weighted by Gasteiger charge is 2.12. The highest BCUT2D eigenvalue weighted by molar-refractivity contribution is 5.65. The predicted octanol–water partition coefficient (Wildman–Crippen LogP) is 2.82. The van der Waals surface area contributed by atoms with E-state index < -0.39 is 0 Å². The molecule has 0 unspecified atom stereocenters. The Hall–Kier alpha value is -0.870. The van der Waals surface area contributed by atoms with Crippen molar-refractivity contribution in [1.29, 1.82) is 0 Å². The third-order valence-electron chi connectivity index (χ3n) is 2.71. The normalized spacial score (nSPS) is 20.2. The van der Waals surface area contributed by atoms with E-state index in [4.69, 9.17) is 14.2 Å². The molecule has 1 fully saturated rings. The molecule has 0 spiro atoms. The minimum absolute atomic E-state index is 0.0201. The van der Waals surface area contributed by atoms with Crippen molar-refractivity contribution in [2.75, 3.05) is 19.8 Å². The molecule has 0 radical (unpaired) electrons. The van der Waals surface area contributed by atoms with E-state index in [1.54, 1.807) is 0 Å². The minimum atomic E-state index is -0.218. The summed E-state index contributed by atoms with van der Waals surface area (Å²) in [5.74, 6) is -0.218. The summed E-state index contributed by atoms with van der Waals surface area (Å²) < 4.78 is 15.9. The van der Waals surface area contributed by atoms with Crippen molar-refractivity contribution in [3.8, 4) is 0 Å². The Morgan fingerprint density at radius 2 is 2.11 bits per heavy atom. The van der Waals surface area contributed by atoms with Crippen molar-refractivity contribution in [3.63, 3.8) is 0 Å². The fourth-order valence-corrected chi connectivity index (χ4v) is 1.76. The zero-order valence-corrected chi connectivity index (χ0v) is 11.2. The largest absolute Gasteiger partial charge is 0.466 e. The summed E-state index contributed by atoms with van der Waals surface area (Å²) in [5, 5.41) is 0. The monoisotopic (exact) mass is 256 g/mol. The van der Waals surface area contributed by atoms with E-state index in [2.05, 4.69) is 6.08 Å². The molecule has 1 aliphatic rings.